The van der Waals surface area contributed by atoms with Crippen LogP contribution in [0.15, 0.2) is 48.5 Å². The van der Waals surface area contributed by atoms with Crippen LogP contribution in [0.4, 0.5) is 0 Å². The molecule has 1 fully saturated rings. The molecule has 3 aromatic rings. The molecule has 0 aliphatic carbocycles. The molecule has 7 nitrogen and oxygen atoms in total. The lowest BCUT2D eigenvalue weighted by Gasteiger charge is -2.31. The summed E-state index contributed by atoms with van der Waals surface area (Å²) in [6.07, 6.45) is 3.83. The molecule has 7 heteroatoms. The van der Waals surface area contributed by atoms with E-state index in [-0.39, 0.29) is 17.7 Å². The van der Waals surface area contributed by atoms with Crippen LogP contribution < -0.4 is 15.8 Å². The third-order valence-corrected chi connectivity index (χ3v) is 6.68. The van der Waals surface area contributed by atoms with Crippen molar-refractivity contribution in [1.82, 2.24) is 15.2 Å². The van der Waals surface area contributed by atoms with E-state index in [4.69, 9.17) is 10.5 Å². The topological polar surface area (TPSA) is 100 Å². The summed E-state index contributed by atoms with van der Waals surface area (Å²) in [6.45, 7) is 3.23. The molecule has 0 radical (unpaired) electrons. The minimum atomic E-state index is -0.204. The first-order chi connectivity index (χ1) is 16.5. The quantitative estimate of drug-likeness (QED) is 0.402. The number of nitrogens with one attached hydrogen (secondary N) is 2. The summed E-state index contributed by atoms with van der Waals surface area (Å²) in [7, 11) is 1.66. The number of methoxy groups -OCH3 is 1. The maximum absolute atomic E-state index is 12.6. The lowest BCUT2D eigenvalue weighted by atomic mass is 9.97. The van der Waals surface area contributed by atoms with Crippen molar-refractivity contribution in [1.29, 1.82) is 0 Å². The highest BCUT2D eigenvalue weighted by atomic mass is 16.5. The first kappa shape index (κ1) is 23.8. The SMILES string of the molecule is COc1ccc(-c2[nH]c3ccccc3c2CCC(=O)NCCCN2CCCC(C(N)=O)C2)cc1. The molecule has 0 spiro atoms. The van der Waals surface area contributed by atoms with Gasteiger partial charge in [-0.2, -0.15) is 0 Å². The van der Waals surface area contributed by atoms with Crippen LogP contribution in [0.5, 0.6) is 5.75 Å². The molecule has 1 unspecified atom stereocenters. The number of fused-ring (bicyclic) bond motifs is 1. The molecule has 2 heterocycles. The average Bonchev–Trinajstić information content (AvgIpc) is 3.24. The van der Waals surface area contributed by atoms with E-state index in [1.807, 2.05) is 36.4 Å². The van der Waals surface area contributed by atoms with Gasteiger partial charge in [-0.05, 0) is 80.2 Å². The Kier molecular flexibility index (Phi) is 7.85. The summed E-state index contributed by atoms with van der Waals surface area (Å²) < 4.78 is 5.29. The van der Waals surface area contributed by atoms with E-state index >= 15 is 0 Å². The van der Waals surface area contributed by atoms with Crippen LogP contribution in [0.2, 0.25) is 0 Å². The summed E-state index contributed by atoms with van der Waals surface area (Å²) in [5.74, 6) is 0.624. The van der Waals surface area contributed by atoms with Crippen LogP contribution >= 0.6 is 0 Å². The molecule has 4 N–H and O–H groups in total. The first-order valence-corrected chi connectivity index (χ1v) is 12.1. The van der Waals surface area contributed by atoms with Gasteiger partial charge in [0.1, 0.15) is 5.75 Å². The van der Waals surface area contributed by atoms with Crippen molar-refractivity contribution in [2.45, 2.75) is 32.1 Å². The van der Waals surface area contributed by atoms with Gasteiger partial charge in [0.25, 0.3) is 0 Å². The van der Waals surface area contributed by atoms with Gasteiger partial charge in [-0.25, -0.2) is 0 Å². The monoisotopic (exact) mass is 462 g/mol. The van der Waals surface area contributed by atoms with Crippen LogP contribution in [0.3, 0.4) is 0 Å². The van der Waals surface area contributed by atoms with Crippen molar-refractivity contribution in [2.75, 3.05) is 33.3 Å². The number of nitrogens with zero attached hydrogens (tertiary/aromatic N) is 1. The molecular formula is C27H34N4O3. The Bertz CT molecular complexity index is 1120. The van der Waals surface area contributed by atoms with E-state index in [1.165, 1.54) is 0 Å². The van der Waals surface area contributed by atoms with Crippen molar-refractivity contribution in [3.8, 4) is 17.0 Å². The highest BCUT2D eigenvalue weighted by Crippen LogP contribution is 2.32. The summed E-state index contributed by atoms with van der Waals surface area (Å²) in [5.41, 5.74) is 9.81. The summed E-state index contributed by atoms with van der Waals surface area (Å²) in [6, 6.07) is 16.2. The molecule has 4 rings (SSSR count). The lowest BCUT2D eigenvalue weighted by molar-refractivity contribution is -0.123. The standard InChI is InChI=1S/C27H34N4O3/c1-34-21-11-9-19(10-12-21)26-23(22-7-2-3-8-24(22)30-26)13-14-25(32)29-15-5-17-31-16-4-6-20(18-31)27(28)33/h2-3,7-12,20,30H,4-6,13-18H2,1H3,(H2,28,33)(H,29,32). The van der Waals surface area contributed by atoms with Gasteiger partial charge in [0.15, 0.2) is 0 Å². The maximum atomic E-state index is 12.6. The van der Waals surface area contributed by atoms with E-state index in [0.717, 1.165) is 72.4 Å². The fraction of sp³-hybridized carbons (Fsp3) is 0.407. The second-order valence-electron chi connectivity index (χ2n) is 9.00. The summed E-state index contributed by atoms with van der Waals surface area (Å²) >= 11 is 0. The number of amides is 2. The maximum Gasteiger partial charge on any atom is 0.221 e. The average molecular weight is 463 g/mol. The number of aryl methyl sites for hydroxylation is 1. The van der Waals surface area contributed by atoms with Gasteiger partial charge in [0.2, 0.25) is 11.8 Å². The van der Waals surface area contributed by atoms with E-state index in [9.17, 15) is 9.59 Å². The van der Waals surface area contributed by atoms with E-state index in [0.29, 0.717) is 19.4 Å². The third kappa shape index (κ3) is 5.78. The van der Waals surface area contributed by atoms with Crippen molar-refractivity contribution in [2.24, 2.45) is 11.7 Å². The van der Waals surface area contributed by atoms with Gasteiger partial charge in [0.05, 0.1) is 13.0 Å². The molecule has 1 atom stereocenters. The number of carbonyl (C=O) groups excluding carboxylic acids is 2. The molecule has 180 valence electrons. The molecule has 0 bridgehead atoms. The lowest BCUT2D eigenvalue weighted by Crippen LogP contribution is -2.42. The van der Waals surface area contributed by atoms with Gasteiger partial charge in [-0.1, -0.05) is 18.2 Å². The minimum Gasteiger partial charge on any atom is -0.497 e. The van der Waals surface area contributed by atoms with E-state index in [2.05, 4.69) is 27.3 Å². The Hall–Kier alpha value is -3.32. The number of primary amides is 1. The normalized spacial score (nSPS) is 16.4. The molecule has 1 aromatic heterocycles. The zero-order chi connectivity index (χ0) is 23.9. The van der Waals surface area contributed by atoms with Crippen molar-refractivity contribution in [3.05, 3.63) is 54.1 Å². The predicted molar refractivity (Wildman–Crippen MR) is 135 cm³/mol. The third-order valence-electron chi connectivity index (χ3n) is 6.68. The van der Waals surface area contributed by atoms with Crippen LogP contribution in [-0.2, 0) is 16.0 Å². The van der Waals surface area contributed by atoms with Crippen molar-refractivity contribution >= 4 is 22.7 Å². The zero-order valence-corrected chi connectivity index (χ0v) is 19.8. The van der Waals surface area contributed by atoms with Gasteiger partial charge in [-0.3, -0.25) is 9.59 Å². The van der Waals surface area contributed by atoms with Gasteiger partial charge in [-0.15, -0.1) is 0 Å². The number of ether oxygens (including phenoxy) is 1. The fourth-order valence-corrected chi connectivity index (χ4v) is 4.81. The Balaban J connectivity index is 1.32. The van der Waals surface area contributed by atoms with Crippen molar-refractivity contribution in [3.63, 3.8) is 0 Å². The predicted octanol–water partition coefficient (Wildman–Crippen LogP) is 3.48. The molecule has 34 heavy (non-hydrogen) atoms. The summed E-state index contributed by atoms with van der Waals surface area (Å²) in [5, 5.41) is 4.21. The number of hydrogen-bond donors (Lipinski definition) is 3. The number of aromatic amines is 1. The number of hydrogen-bond acceptors (Lipinski definition) is 4. The van der Waals surface area contributed by atoms with Crippen LogP contribution in [0, 0.1) is 5.92 Å². The number of rotatable bonds is 10. The van der Waals surface area contributed by atoms with Gasteiger partial charge in [0, 0.05) is 36.1 Å². The molecule has 2 amide bonds. The number of nitrogens with two attached hydrogens (primary N) is 1. The highest BCUT2D eigenvalue weighted by Gasteiger charge is 2.23. The fourth-order valence-electron chi connectivity index (χ4n) is 4.81. The summed E-state index contributed by atoms with van der Waals surface area (Å²) in [4.78, 5) is 29.8. The zero-order valence-electron chi connectivity index (χ0n) is 19.8. The van der Waals surface area contributed by atoms with Crippen LogP contribution in [-0.4, -0.2) is 55.0 Å². The second-order valence-corrected chi connectivity index (χ2v) is 9.00. The minimum absolute atomic E-state index is 0.0422. The largest absolute Gasteiger partial charge is 0.497 e. The molecule has 2 aromatic carbocycles. The number of aromatic nitrogens is 1. The van der Waals surface area contributed by atoms with Crippen LogP contribution in [0.1, 0.15) is 31.2 Å². The smallest absolute Gasteiger partial charge is 0.221 e. The Morgan fingerprint density at radius 1 is 1.18 bits per heavy atom. The number of likely N-dealkylation sites (tertiary alicyclic amines) is 1. The molecule has 0 saturated carbocycles. The van der Waals surface area contributed by atoms with E-state index in [1.54, 1.807) is 7.11 Å². The van der Waals surface area contributed by atoms with Gasteiger partial charge >= 0.3 is 0 Å². The number of carbonyl (C=O) groups is 2. The second kappa shape index (κ2) is 11.2. The Labute approximate surface area is 200 Å². The molecule has 1 saturated heterocycles. The number of benzene rings is 2. The number of piperidine rings is 1. The van der Waals surface area contributed by atoms with Crippen LogP contribution in [0.25, 0.3) is 22.2 Å². The molecular weight excluding hydrogens is 428 g/mol. The Morgan fingerprint density at radius 2 is 1.97 bits per heavy atom. The van der Waals surface area contributed by atoms with E-state index < -0.39 is 0 Å². The Morgan fingerprint density at radius 3 is 2.74 bits per heavy atom. The van der Waals surface area contributed by atoms with Crippen molar-refractivity contribution < 1.29 is 14.3 Å². The molecule has 1 aliphatic heterocycles. The number of H-pyrrole nitrogens is 1. The number of para-hydroxylation sites is 1. The highest BCUT2D eigenvalue weighted by molar-refractivity contribution is 5.91. The molecule has 1 aliphatic rings. The first-order valence-electron chi connectivity index (χ1n) is 12.1. The van der Waals surface area contributed by atoms with Gasteiger partial charge < -0.3 is 25.7 Å².